The molecule has 108 valence electrons. The highest BCUT2D eigenvalue weighted by molar-refractivity contribution is 6.01. The molecule has 0 spiro atoms. The van der Waals surface area contributed by atoms with Gasteiger partial charge in [-0.05, 0) is 20.8 Å². The Bertz CT molecular complexity index is 584. The summed E-state index contributed by atoms with van der Waals surface area (Å²) in [5, 5.41) is 10.3. The first kappa shape index (κ1) is 15.7. The van der Waals surface area contributed by atoms with Crippen molar-refractivity contribution in [3.63, 3.8) is 0 Å². The minimum Gasteiger partial charge on any atom is -0.276 e. The highest BCUT2D eigenvalue weighted by Gasteiger charge is 2.32. The van der Waals surface area contributed by atoms with Crippen LogP contribution in [0.1, 0.15) is 26.6 Å². The number of carbonyl (C=O) groups is 1. The first-order valence-corrected chi connectivity index (χ1v) is 5.32. The third-order valence-corrected chi connectivity index (χ3v) is 2.18. The third-order valence-electron chi connectivity index (χ3n) is 2.18. The molecule has 1 heterocycles. The van der Waals surface area contributed by atoms with Gasteiger partial charge in [-0.1, -0.05) is 0 Å². The van der Waals surface area contributed by atoms with Crippen molar-refractivity contribution < 1.29 is 18.0 Å². The fraction of sp³-hybridized carbons (Fsp3) is 0.400. The minimum atomic E-state index is -4.54. The molecule has 0 unspecified atom stereocenters. The molecule has 1 rings (SSSR count). The molecule has 10 heteroatoms. The van der Waals surface area contributed by atoms with Crippen LogP contribution in [0.5, 0.6) is 0 Å². The number of alkyl halides is 3. The van der Waals surface area contributed by atoms with Gasteiger partial charge in [-0.25, -0.2) is 9.98 Å². The molecule has 0 radical (unpaired) electrons. The maximum atomic E-state index is 12.3. The van der Waals surface area contributed by atoms with Crippen LogP contribution in [0, 0.1) is 0 Å². The molecule has 0 aliphatic rings. The van der Waals surface area contributed by atoms with Crippen LogP contribution in [0.15, 0.2) is 21.5 Å². The molecule has 7 nitrogen and oxygen atoms in total. The molecule has 0 saturated carbocycles. The van der Waals surface area contributed by atoms with Crippen molar-refractivity contribution in [2.75, 3.05) is 0 Å². The Morgan fingerprint density at radius 1 is 1.30 bits per heavy atom. The second-order valence-electron chi connectivity index (χ2n) is 3.65. The van der Waals surface area contributed by atoms with Gasteiger partial charge in [0.1, 0.15) is 12.0 Å². The van der Waals surface area contributed by atoms with Crippen LogP contribution in [0.2, 0.25) is 0 Å². The fourth-order valence-corrected chi connectivity index (χ4v) is 1.11. The molecule has 1 amide bonds. The summed E-state index contributed by atoms with van der Waals surface area (Å²) in [5.41, 5.74) is -0.833. The summed E-state index contributed by atoms with van der Waals surface area (Å²) in [7, 11) is 0. The van der Waals surface area contributed by atoms with E-state index in [1.165, 1.54) is 20.2 Å². The summed E-state index contributed by atoms with van der Waals surface area (Å²) in [5.74, 6) is 0.250. The van der Waals surface area contributed by atoms with Crippen molar-refractivity contribution in [1.82, 2.24) is 14.8 Å². The zero-order chi connectivity index (χ0) is 15.3. The van der Waals surface area contributed by atoms with Gasteiger partial charge in [-0.3, -0.25) is 4.79 Å². The van der Waals surface area contributed by atoms with E-state index in [0.29, 0.717) is 6.41 Å². The van der Waals surface area contributed by atoms with Crippen molar-refractivity contribution in [3.8, 4) is 0 Å². The van der Waals surface area contributed by atoms with Crippen LogP contribution in [0.25, 0.3) is 0 Å². The van der Waals surface area contributed by atoms with Crippen molar-refractivity contribution >= 4 is 23.7 Å². The topological polar surface area (TPSA) is 84.9 Å². The summed E-state index contributed by atoms with van der Waals surface area (Å²) in [6, 6.07) is 0. The maximum absolute atomic E-state index is 12.3. The van der Waals surface area contributed by atoms with Gasteiger partial charge in [0, 0.05) is 0 Å². The summed E-state index contributed by atoms with van der Waals surface area (Å²) >= 11 is 0. The van der Waals surface area contributed by atoms with E-state index in [1.54, 1.807) is 0 Å². The normalized spacial score (nSPS) is 14.6. The Hall–Kier alpha value is -2.39. The van der Waals surface area contributed by atoms with Crippen molar-refractivity contribution in [2.24, 2.45) is 15.2 Å². The van der Waals surface area contributed by atoms with Crippen molar-refractivity contribution in [2.45, 2.75) is 26.9 Å². The highest BCUT2D eigenvalue weighted by atomic mass is 19.4. The molecular formula is C10H11F3N6O. The van der Waals surface area contributed by atoms with E-state index in [9.17, 15) is 18.0 Å². The zero-order valence-corrected chi connectivity index (χ0v) is 10.9. The quantitative estimate of drug-likeness (QED) is 0.365. The van der Waals surface area contributed by atoms with E-state index in [4.69, 9.17) is 0 Å². The summed E-state index contributed by atoms with van der Waals surface area (Å²) in [6.07, 6.45) is -3.05. The first-order chi connectivity index (χ1) is 9.27. The summed E-state index contributed by atoms with van der Waals surface area (Å²) in [6.45, 7) is 3.71. The lowest BCUT2D eigenvalue weighted by Crippen LogP contribution is -2.20. The average molecular weight is 288 g/mol. The third kappa shape index (κ3) is 3.80. The Kier molecular flexibility index (Phi) is 4.83. The lowest BCUT2D eigenvalue weighted by molar-refractivity contribution is -0.106. The van der Waals surface area contributed by atoms with Crippen molar-refractivity contribution in [1.29, 1.82) is 0 Å². The number of halogens is 3. The number of rotatable bonds is 3. The number of hydrogen-bond donors (Lipinski definition) is 0. The molecule has 0 aliphatic carbocycles. The molecule has 0 N–H and O–H groups in total. The lowest BCUT2D eigenvalue weighted by atomic mass is 10.4. The van der Waals surface area contributed by atoms with E-state index in [1.807, 2.05) is 0 Å². The lowest BCUT2D eigenvalue weighted by Gasteiger charge is -2.04. The van der Waals surface area contributed by atoms with Gasteiger partial charge in [-0.2, -0.15) is 23.0 Å². The zero-order valence-electron chi connectivity index (χ0n) is 10.9. The van der Waals surface area contributed by atoms with Crippen LogP contribution >= 0.6 is 0 Å². The van der Waals surface area contributed by atoms with Crippen LogP contribution in [-0.2, 0) is 4.79 Å². The van der Waals surface area contributed by atoms with Crippen LogP contribution in [-0.4, -0.2) is 44.6 Å². The largest absolute Gasteiger partial charge is 0.431 e. The van der Waals surface area contributed by atoms with Gasteiger partial charge in [0.05, 0.1) is 5.71 Å². The fourth-order valence-electron chi connectivity index (χ4n) is 1.11. The Labute approximate surface area is 111 Å². The van der Waals surface area contributed by atoms with Crippen molar-refractivity contribution in [3.05, 3.63) is 12.2 Å². The Balaban J connectivity index is 3.11. The van der Waals surface area contributed by atoms with E-state index in [-0.39, 0.29) is 17.4 Å². The molecule has 1 aromatic rings. The number of aromatic nitrogens is 3. The number of hydrogen-bond acceptors (Lipinski definition) is 5. The molecule has 1 aromatic heterocycles. The van der Waals surface area contributed by atoms with Gasteiger partial charge in [-0.15, -0.1) is 10.2 Å². The summed E-state index contributed by atoms with van der Waals surface area (Å²) in [4.78, 5) is 17.6. The summed E-state index contributed by atoms with van der Waals surface area (Å²) < 4.78 is 37.9. The Morgan fingerprint density at radius 2 is 1.95 bits per heavy atom. The smallest absolute Gasteiger partial charge is 0.276 e. The van der Waals surface area contributed by atoms with Gasteiger partial charge in [0.25, 0.3) is 0 Å². The Morgan fingerprint density at radius 3 is 2.50 bits per heavy atom. The monoisotopic (exact) mass is 288 g/mol. The van der Waals surface area contributed by atoms with Crippen LogP contribution < -0.4 is 0 Å². The average Bonchev–Trinajstić information content (AvgIpc) is 2.83. The van der Waals surface area contributed by atoms with Gasteiger partial charge < -0.3 is 0 Å². The molecular weight excluding hydrogens is 277 g/mol. The standard InChI is InChI=1S/C10H11F3N6O/c1-6(15-5-20)9-14-4-16-19(9)8(3)18-17-7(2)10(11,12)13/h4-5H,1-3H3/b15-6?,17-7+,18-8+. The number of carbonyl (C=O) groups excluding carboxylic acids is 1. The van der Waals surface area contributed by atoms with E-state index >= 15 is 0 Å². The molecule has 0 aromatic carbocycles. The first-order valence-electron chi connectivity index (χ1n) is 5.32. The predicted octanol–water partition coefficient (Wildman–Crippen LogP) is 1.45. The molecule has 20 heavy (non-hydrogen) atoms. The number of aliphatic imine (C=N–C) groups is 1. The molecule has 0 aliphatic heterocycles. The van der Waals surface area contributed by atoms with Crippen LogP contribution in [0.3, 0.4) is 0 Å². The minimum absolute atomic E-state index is 0.0570. The second kappa shape index (κ2) is 6.17. The van der Waals surface area contributed by atoms with Gasteiger partial charge in [0.15, 0.2) is 11.7 Å². The van der Waals surface area contributed by atoms with E-state index in [0.717, 1.165) is 11.6 Å². The van der Waals surface area contributed by atoms with Gasteiger partial charge in [0.2, 0.25) is 6.41 Å². The number of amides is 1. The molecule has 0 saturated heterocycles. The molecule has 0 fully saturated rings. The van der Waals surface area contributed by atoms with E-state index in [2.05, 4.69) is 25.3 Å². The SMILES string of the molecule is CC(=NC=O)c1ncnn1/C(C)=N/N=C(\C)C(F)(F)F. The number of nitrogens with zero attached hydrogens (tertiary/aromatic N) is 6. The van der Waals surface area contributed by atoms with Gasteiger partial charge >= 0.3 is 6.18 Å². The molecule has 0 bridgehead atoms. The second-order valence-corrected chi connectivity index (χ2v) is 3.65. The maximum Gasteiger partial charge on any atom is 0.431 e. The van der Waals surface area contributed by atoms with Crippen LogP contribution in [0.4, 0.5) is 13.2 Å². The highest BCUT2D eigenvalue weighted by Crippen LogP contribution is 2.16. The predicted molar refractivity (Wildman–Crippen MR) is 66.0 cm³/mol. The molecule has 0 atom stereocenters. The van der Waals surface area contributed by atoms with E-state index < -0.39 is 11.9 Å².